The predicted octanol–water partition coefficient (Wildman–Crippen LogP) is 3.76. The van der Waals surface area contributed by atoms with E-state index >= 15 is 0 Å². The van der Waals surface area contributed by atoms with Crippen LogP contribution < -0.4 is 10.5 Å². The van der Waals surface area contributed by atoms with Crippen molar-refractivity contribution < 1.29 is 9.15 Å². The average Bonchev–Trinajstić information content (AvgIpc) is 2.93. The van der Waals surface area contributed by atoms with Gasteiger partial charge in [-0.15, -0.1) is 0 Å². The third-order valence-electron chi connectivity index (χ3n) is 3.66. The minimum atomic E-state index is -0.199. The van der Waals surface area contributed by atoms with Gasteiger partial charge in [0.25, 0.3) is 0 Å². The molecule has 4 heteroatoms. The van der Waals surface area contributed by atoms with Crippen LogP contribution in [0.4, 0.5) is 0 Å². The molecule has 0 fully saturated rings. The number of fused-ring (bicyclic) bond motifs is 1. The molecule has 0 saturated heterocycles. The lowest BCUT2D eigenvalue weighted by molar-refractivity contribution is 0.291. The van der Waals surface area contributed by atoms with Crippen LogP contribution in [-0.2, 0) is 5.41 Å². The summed E-state index contributed by atoms with van der Waals surface area (Å²) in [7, 11) is 0. The van der Waals surface area contributed by atoms with Crippen molar-refractivity contribution in [2.24, 2.45) is 5.73 Å². The Hall–Kier alpha value is -1.26. The van der Waals surface area contributed by atoms with Crippen LogP contribution in [-0.4, -0.2) is 6.61 Å². The first-order valence-corrected chi connectivity index (χ1v) is 7.04. The summed E-state index contributed by atoms with van der Waals surface area (Å²) in [6.45, 7) is 5.08. The van der Waals surface area contributed by atoms with E-state index in [0.717, 1.165) is 23.5 Å². The molecule has 3 nitrogen and oxygen atoms in total. The molecule has 100 valence electrons. The van der Waals surface area contributed by atoms with Crippen molar-refractivity contribution in [3.63, 3.8) is 0 Å². The summed E-state index contributed by atoms with van der Waals surface area (Å²) >= 11 is 3.38. The van der Waals surface area contributed by atoms with E-state index in [4.69, 9.17) is 14.9 Å². The molecule has 0 bridgehead atoms. The van der Waals surface area contributed by atoms with Crippen molar-refractivity contribution in [3.05, 3.63) is 51.9 Å². The number of rotatable bonds is 2. The van der Waals surface area contributed by atoms with Crippen molar-refractivity contribution in [1.29, 1.82) is 0 Å². The number of hydrogen-bond donors (Lipinski definition) is 1. The summed E-state index contributed by atoms with van der Waals surface area (Å²) in [6.07, 6.45) is 1.64. The maximum absolute atomic E-state index is 6.31. The van der Waals surface area contributed by atoms with E-state index in [1.165, 1.54) is 5.56 Å². The molecule has 0 spiro atoms. The lowest BCUT2D eigenvalue weighted by Gasteiger charge is -2.17. The Kier molecular flexibility index (Phi) is 2.95. The average molecular weight is 322 g/mol. The third-order valence-corrected chi connectivity index (χ3v) is 4.31. The first-order chi connectivity index (χ1) is 8.99. The van der Waals surface area contributed by atoms with Crippen LogP contribution in [0.3, 0.4) is 0 Å². The monoisotopic (exact) mass is 321 g/mol. The first kappa shape index (κ1) is 12.8. The maximum Gasteiger partial charge on any atom is 0.174 e. The highest BCUT2D eigenvalue weighted by molar-refractivity contribution is 9.10. The molecule has 1 atom stereocenters. The molecule has 2 N–H and O–H groups in total. The number of nitrogens with two attached hydrogens (primary N) is 1. The topological polar surface area (TPSA) is 48.4 Å². The summed E-state index contributed by atoms with van der Waals surface area (Å²) in [4.78, 5) is 0. The first-order valence-electron chi connectivity index (χ1n) is 6.25. The van der Waals surface area contributed by atoms with Crippen molar-refractivity contribution in [2.45, 2.75) is 25.3 Å². The molecule has 0 radical (unpaired) electrons. The highest BCUT2D eigenvalue weighted by Crippen LogP contribution is 2.40. The number of benzene rings is 1. The van der Waals surface area contributed by atoms with E-state index in [0.29, 0.717) is 4.67 Å². The molecular formula is C15H16BrNO2. The Labute approximate surface area is 120 Å². The molecule has 1 aliphatic rings. The Morgan fingerprint density at radius 3 is 2.79 bits per heavy atom. The minimum absolute atomic E-state index is 0.0404. The van der Waals surface area contributed by atoms with Gasteiger partial charge in [-0.3, -0.25) is 0 Å². The molecule has 2 aromatic rings. The zero-order valence-electron chi connectivity index (χ0n) is 10.9. The highest BCUT2D eigenvalue weighted by Gasteiger charge is 2.32. The van der Waals surface area contributed by atoms with Crippen molar-refractivity contribution in [1.82, 2.24) is 0 Å². The van der Waals surface area contributed by atoms with Crippen LogP contribution in [0.5, 0.6) is 5.75 Å². The van der Waals surface area contributed by atoms with E-state index in [-0.39, 0.29) is 11.5 Å². The number of hydrogen-bond acceptors (Lipinski definition) is 3. The summed E-state index contributed by atoms with van der Waals surface area (Å²) < 4.78 is 11.6. The van der Waals surface area contributed by atoms with Gasteiger partial charge in [0.05, 0.1) is 18.9 Å². The van der Waals surface area contributed by atoms with Gasteiger partial charge in [0.2, 0.25) is 0 Å². The second-order valence-electron chi connectivity index (χ2n) is 5.56. The fourth-order valence-electron chi connectivity index (χ4n) is 2.44. The molecule has 1 aromatic heterocycles. The van der Waals surface area contributed by atoms with Gasteiger partial charge in [-0.05, 0) is 39.7 Å². The zero-order chi connectivity index (χ0) is 13.6. The Balaban J connectivity index is 2.02. The van der Waals surface area contributed by atoms with Crippen LogP contribution in [0.2, 0.25) is 0 Å². The second kappa shape index (κ2) is 4.39. The van der Waals surface area contributed by atoms with Crippen LogP contribution in [0.25, 0.3) is 0 Å². The van der Waals surface area contributed by atoms with Gasteiger partial charge < -0.3 is 14.9 Å². The second-order valence-corrected chi connectivity index (χ2v) is 6.28. The van der Waals surface area contributed by atoms with Crippen molar-refractivity contribution in [2.75, 3.05) is 6.61 Å². The van der Waals surface area contributed by atoms with E-state index in [2.05, 4.69) is 35.8 Å². The number of furan rings is 1. The predicted molar refractivity (Wildman–Crippen MR) is 77.4 cm³/mol. The normalized spacial score (nSPS) is 17.9. The van der Waals surface area contributed by atoms with Gasteiger partial charge in [0.15, 0.2) is 4.67 Å². The number of ether oxygens (including phenoxy) is 1. The molecular weight excluding hydrogens is 306 g/mol. The molecule has 0 aliphatic carbocycles. The molecule has 1 aromatic carbocycles. The van der Waals surface area contributed by atoms with Crippen molar-refractivity contribution in [3.8, 4) is 5.75 Å². The molecule has 1 unspecified atom stereocenters. The summed E-state index contributed by atoms with van der Waals surface area (Å²) in [5.74, 6) is 0.965. The fourth-order valence-corrected chi connectivity index (χ4v) is 2.92. The highest BCUT2D eigenvalue weighted by atomic mass is 79.9. The van der Waals surface area contributed by atoms with E-state index in [1.54, 1.807) is 6.26 Å². The van der Waals surface area contributed by atoms with E-state index in [9.17, 15) is 0 Å². The van der Waals surface area contributed by atoms with E-state index < -0.39 is 0 Å². The molecule has 0 amide bonds. The van der Waals surface area contributed by atoms with Crippen LogP contribution in [0, 0.1) is 0 Å². The molecule has 0 saturated carbocycles. The Morgan fingerprint density at radius 2 is 2.11 bits per heavy atom. The SMILES string of the molecule is CC1(C)COc2ccc(C(N)c3ccoc3Br)cc21. The van der Waals surface area contributed by atoms with Gasteiger partial charge in [0, 0.05) is 16.5 Å². The fraction of sp³-hybridized carbons (Fsp3) is 0.333. The lowest BCUT2D eigenvalue weighted by atomic mass is 9.85. The third kappa shape index (κ3) is 2.09. The Morgan fingerprint density at radius 1 is 1.32 bits per heavy atom. The summed E-state index contributed by atoms with van der Waals surface area (Å²) in [6, 6.07) is 7.86. The van der Waals surface area contributed by atoms with Gasteiger partial charge in [-0.1, -0.05) is 19.9 Å². The van der Waals surface area contributed by atoms with Gasteiger partial charge in [-0.25, -0.2) is 0 Å². The standard InChI is InChI=1S/C15H16BrNO2/c1-15(2)8-19-12-4-3-9(7-11(12)15)13(17)10-5-6-18-14(10)16/h3-7,13H,8,17H2,1-2H3. The van der Waals surface area contributed by atoms with Crippen molar-refractivity contribution >= 4 is 15.9 Å². The molecule has 3 rings (SSSR count). The quantitative estimate of drug-likeness (QED) is 0.916. The minimum Gasteiger partial charge on any atom is -0.492 e. The summed E-state index contributed by atoms with van der Waals surface area (Å²) in [5.41, 5.74) is 9.60. The Bertz CT molecular complexity index is 618. The van der Waals surface area contributed by atoms with Crippen LogP contribution in [0.15, 0.2) is 39.6 Å². The summed E-state index contributed by atoms with van der Waals surface area (Å²) in [5, 5.41) is 0. The maximum atomic E-state index is 6.31. The van der Waals surface area contributed by atoms with Crippen LogP contribution >= 0.6 is 15.9 Å². The van der Waals surface area contributed by atoms with Crippen LogP contribution in [0.1, 0.15) is 36.6 Å². The lowest BCUT2D eigenvalue weighted by Crippen LogP contribution is -2.19. The van der Waals surface area contributed by atoms with Gasteiger partial charge in [-0.2, -0.15) is 0 Å². The molecule has 19 heavy (non-hydrogen) atoms. The van der Waals surface area contributed by atoms with Gasteiger partial charge >= 0.3 is 0 Å². The largest absolute Gasteiger partial charge is 0.492 e. The smallest absolute Gasteiger partial charge is 0.174 e. The zero-order valence-corrected chi connectivity index (χ0v) is 12.5. The molecule has 2 heterocycles. The van der Waals surface area contributed by atoms with E-state index in [1.807, 2.05) is 18.2 Å². The van der Waals surface area contributed by atoms with Gasteiger partial charge in [0.1, 0.15) is 5.75 Å². The number of halogens is 1. The molecule has 1 aliphatic heterocycles.